The molecule has 0 unspecified atom stereocenters. The first-order valence-electron chi connectivity index (χ1n) is 4.36. The summed E-state index contributed by atoms with van der Waals surface area (Å²) in [6, 6.07) is 1.52. The number of aldehydes is 1. The fourth-order valence-electron chi connectivity index (χ4n) is 1.18. The van der Waals surface area contributed by atoms with Crippen LogP contribution in [0.5, 0.6) is 0 Å². The van der Waals surface area contributed by atoms with Crippen LogP contribution in [0.2, 0.25) is 0 Å². The van der Waals surface area contributed by atoms with Crippen LogP contribution in [0.1, 0.15) is 25.6 Å². The number of thiophene rings is 1. The molecule has 2 heterocycles. The quantitative estimate of drug-likeness (QED) is 0.635. The van der Waals surface area contributed by atoms with E-state index in [0.29, 0.717) is 16.7 Å². The SMILES string of the molecule is Nc1ncncc1C(=O)c1cc(C=O)cs1. The van der Waals surface area contributed by atoms with E-state index in [1.54, 1.807) is 5.38 Å². The van der Waals surface area contributed by atoms with Gasteiger partial charge in [-0.25, -0.2) is 9.97 Å². The van der Waals surface area contributed by atoms with Gasteiger partial charge in [-0.3, -0.25) is 9.59 Å². The molecule has 2 rings (SSSR count). The largest absolute Gasteiger partial charge is 0.383 e. The second kappa shape index (κ2) is 4.19. The van der Waals surface area contributed by atoms with E-state index >= 15 is 0 Å². The predicted molar refractivity (Wildman–Crippen MR) is 59.6 cm³/mol. The van der Waals surface area contributed by atoms with Crippen LogP contribution in [-0.4, -0.2) is 22.0 Å². The van der Waals surface area contributed by atoms with Crippen molar-refractivity contribution in [2.24, 2.45) is 0 Å². The molecule has 6 heteroatoms. The normalized spacial score (nSPS) is 10.0. The molecule has 0 spiro atoms. The van der Waals surface area contributed by atoms with Crippen molar-refractivity contribution < 1.29 is 9.59 Å². The van der Waals surface area contributed by atoms with Gasteiger partial charge in [0.25, 0.3) is 0 Å². The first kappa shape index (κ1) is 10.4. The number of aromatic nitrogens is 2. The van der Waals surface area contributed by atoms with Crippen LogP contribution in [0, 0.1) is 0 Å². The van der Waals surface area contributed by atoms with Crippen LogP contribution in [0.25, 0.3) is 0 Å². The van der Waals surface area contributed by atoms with Gasteiger partial charge in [0.15, 0.2) is 6.29 Å². The maximum atomic E-state index is 11.9. The van der Waals surface area contributed by atoms with Crippen LogP contribution in [0.4, 0.5) is 5.82 Å². The topological polar surface area (TPSA) is 85.9 Å². The summed E-state index contributed by atoms with van der Waals surface area (Å²) in [5, 5.41) is 1.61. The number of carbonyl (C=O) groups excluding carboxylic acids is 2. The molecule has 0 atom stereocenters. The Morgan fingerprint density at radius 2 is 2.31 bits per heavy atom. The summed E-state index contributed by atoms with van der Waals surface area (Å²) in [5.74, 6) is -0.128. The van der Waals surface area contributed by atoms with Gasteiger partial charge in [0, 0.05) is 17.1 Å². The van der Waals surface area contributed by atoms with Crippen molar-refractivity contribution in [3.8, 4) is 0 Å². The average Bonchev–Trinajstić information content (AvgIpc) is 2.77. The summed E-state index contributed by atoms with van der Waals surface area (Å²) in [6.45, 7) is 0. The number of hydrogen-bond donors (Lipinski definition) is 1. The van der Waals surface area contributed by atoms with Crippen LogP contribution in [-0.2, 0) is 0 Å². The summed E-state index contributed by atoms with van der Waals surface area (Å²) in [6.07, 6.45) is 3.33. The Balaban J connectivity index is 2.39. The highest BCUT2D eigenvalue weighted by atomic mass is 32.1. The smallest absolute Gasteiger partial charge is 0.208 e. The molecule has 2 aromatic rings. The Morgan fingerprint density at radius 3 is 2.94 bits per heavy atom. The van der Waals surface area contributed by atoms with Crippen LogP contribution >= 0.6 is 11.3 Å². The summed E-state index contributed by atoms with van der Waals surface area (Å²) in [7, 11) is 0. The monoisotopic (exact) mass is 233 g/mol. The van der Waals surface area contributed by atoms with E-state index in [4.69, 9.17) is 5.73 Å². The highest BCUT2D eigenvalue weighted by molar-refractivity contribution is 7.12. The molecule has 2 N–H and O–H groups in total. The molecule has 0 fully saturated rings. The second-order valence-corrected chi connectivity index (χ2v) is 3.92. The molecule has 5 nitrogen and oxygen atoms in total. The Kier molecular flexibility index (Phi) is 2.74. The minimum atomic E-state index is -0.267. The lowest BCUT2D eigenvalue weighted by molar-refractivity contribution is 0.104. The molecule has 0 amide bonds. The highest BCUT2D eigenvalue weighted by Gasteiger charge is 2.15. The zero-order chi connectivity index (χ0) is 11.5. The number of ketones is 1. The Hall–Kier alpha value is -2.08. The van der Waals surface area contributed by atoms with Gasteiger partial charge in [-0.1, -0.05) is 0 Å². The maximum Gasteiger partial charge on any atom is 0.208 e. The van der Waals surface area contributed by atoms with Gasteiger partial charge in [0.1, 0.15) is 12.1 Å². The van der Waals surface area contributed by atoms with E-state index in [1.807, 2.05) is 0 Å². The lowest BCUT2D eigenvalue weighted by atomic mass is 10.1. The fraction of sp³-hybridized carbons (Fsp3) is 0. The fourth-order valence-corrected chi connectivity index (χ4v) is 1.99. The van der Waals surface area contributed by atoms with Crippen LogP contribution in [0.15, 0.2) is 24.0 Å². The van der Waals surface area contributed by atoms with Gasteiger partial charge in [0.2, 0.25) is 5.78 Å². The van der Waals surface area contributed by atoms with Crippen LogP contribution in [0.3, 0.4) is 0 Å². The molecule has 2 aromatic heterocycles. The molecule has 80 valence electrons. The van der Waals surface area contributed by atoms with Crippen LogP contribution < -0.4 is 5.73 Å². The third kappa shape index (κ3) is 1.82. The van der Waals surface area contributed by atoms with Gasteiger partial charge >= 0.3 is 0 Å². The van der Waals surface area contributed by atoms with Gasteiger partial charge < -0.3 is 5.73 Å². The number of rotatable bonds is 3. The van der Waals surface area contributed by atoms with Crippen molar-refractivity contribution in [1.29, 1.82) is 0 Å². The third-order valence-electron chi connectivity index (χ3n) is 1.97. The number of carbonyl (C=O) groups is 2. The lowest BCUT2D eigenvalue weighted by Crippen LogP contribution is -2.06. The van der Waals surface area contributed by atoms with E-state index in [-0.39, 0.29) is 17.2 Å². The third-order valence-corrected chi connectivity index (χ3v) is 2.91. The van der Waals surface area contributed by atoms with Crippen molar-refractivity contribution in [1.82, 2.24) is 9.97 Å². The number of nitrogens with zero attached hydrogens (tertiary/aromatic N) is 2. The van der Waals surface area contributed by atoms with Gasteiger partial charge in [-0.15, -0.1) is 11.3 Å². The molecule has 0 aromatic carbocycles. The van der Waals surface area contributed by atoms with E-state index < -0.39 is 0 Å². The average molecular weight is 233 g/mol. The Morgan fingerprint density at radius 1 is 1.50 bits per heavy atom. The minimum Gasteiger partial charge on any atom is -0.383 e. The Labute approximate surface area is 95.0 Å². The highest BCUT2D eigenvalue weighted by Crippen LogP contribution is 2.19. The first-order valence-corrected chi connectivity index (χ1v) is 5.24. The maximum absolute atomic E-state index is 11.9. The minimum absolute atomic E-state index is 0.140. The van der Waals surface area contributed by atoms with Gasteiger partial charge in [-0.05, 0) is 6.07 Å². The molecule has 0 bridgehead atoms. The number of nitrogens with two attached hydrogens (primary N) is 1. The van der Waals surface area contributed by atoms with E-state index in [2.05, 4.69) is 9.97 Å². The number of anilines is 1. The van der Waals surface area contributed by atoms with E-state index in [9.17, 15) is 9.59 Å². The predicted octanol–water partition coefficient (Wildman–Crippen LogP) is 1.16. The van der Waals surface area contributed by atoms with Crippen molar-refractivity contribution in [2.45, 2.75) is 0 Å². The number of nitrogen functional groups attached to an aromatic ring is 1. The van der Waals surface area contributed by atoms with Crippen molar-refractivity contribution >= 4 is 29.2 Å². The van der Waals surface area contributed by atoms with Gasteiger partial charge in [0.05, 0.1) is 10.4 Å². The number of hydrogen-bond acceptors (Lipinski definition) is 6. The van der Waals surface area contributed by atoms with E-state index in [1.165, 1.54) is 29.9 Å². The zero-order valence-electron chi connectivity index (χ0n) is 8.08. The first-order chi connectivity index (χ1) is 7.72. The summed E-state index contributed by atoms with van der Waals surface area (Å²) >= 11 is 1.19. The molecule has 0 aliphatic carbocycles. The van der Waals surface area contributed by atoms with Crippen molar-refractivity contribution in [3.63, 3.8) is 0 Å². The molecule has 0 aliphatic heterocycles. The molecular weight excluding hydrogens is 226 g/mol. The molecule has 0 aliphatic rings. The summed E-state index contributed by atoms with van der Waals surface area (Å²) in [4.78, 5) is 30.3. The van der Waals surface area contributed by atoms with Gasteiger partial charge in [-0.2, -0.15) is 0 Å². The summed E-state index contributed by atoms with van der Waals surface area (Å²) < 4.78 is 0. The molecular formula is C10H7N3O2S. The lowest BCUT2D eigenvalue weighted by Gasteiger charge is -1.99. The Bertz CT molecular complexity index is 551. The second-order valence-electron chi connectivity index (χ2n) is 3.01. The zero-order valence-corrected chi connectivity index (χ0v) is 8.90. The molecule has 0 saturated heterocycles. The standard InChI is InChI=1S/C10H7N3O2S/c11-10-7(2-12-5-13-10)9(15)8-1-6(3-14)4-16-8/h1-5H,(H2,11,12,13). The van der Waals surface area contributed by atoms with E-state index in [0.717, 1.165) is 0 Å². The van der Waals surface area contributed by atoms with Crippen molar-refractivity contribution in [3.05, 3.63) is 40.0 Å². The molecule has 0 radical (unpaired) electrons. The molecule has 16 heavy (non-hydrogen) atoms. The molecule has 0 saturated carbocycles. The summed E-state index contributed by atoms with van der Waals surface area (Å²) in [5.41, 5.74) is 6.29. The van der Waals surface area contributed by atoms with Crippen molar-refractivity contribution in [2.75, 3.05) is 5.73 Å².